The first-order valence-corrected chi connectivity index (χ1v) is 24.0. The Hall–Kier alpha value is -1.21. The van der Waals surface area contributed by atoms with Gasteiger partial charge in [-0.25, -0.2) is 4.57 Å². The van der Waals surface area contributed by atoms with Crippen LogP contribution in [0.25, 0.3) is 0 Å². The number of unbranched alkanes of at least 4 members (excludes halogenated alkanes) is 30. The molecule has 0 amide bonds. The van der Waals surface area contributed by atoms with E-state index in [1.54, 1.807) is 0 Å². The van der Waals surface area contributed by atoms with Gasteiger partial charge < -0.3 is 19.3 Å². The quantitative estimate of drug-likeness (QED) is 0.0272. The molecule has 0 unspecified atom stereocenters. The number of carbonyl (C=O) groups excluding carboxylic acids is 2. The van der Waals surface area contributed by atoms with Crippen molar-refractivity contribution in [3.8, 4) is 0 Å². The molecule has 9 heteroatoms. The molecular formula is C44H85O8P. The topological polar surface area (TPSA) is 119 Å². The number of rotatable bonds is 42. The molecule has 0 aliphatic heterocycles. The number of phosphoric ester groups is 1. The zero-order valence-electron chi connectivity index (χ0n) is 34.7. The van der Waals surface area contributed by atoms with Gasteiger partial charge in [0.2, 0.25) is 0 Å². The van der Waals surface area contributed by atoms with Gasteiger partial charge >= 0.3 is 19.8 Å². The minimum atomic E-state index is -4.75. The van der Waals surface area contributed by atoms with Crippen LogP contribution in [0.4, 0.5) is 0 Å². The summed E-state index contributed by atoms with van der Waals surface area (Å²) in [5.74, 6) is -0.876. The maximum Gasteiger partial charge on any atom is 0.469 e. The number of allylic oxidation sites excluding steroid dienone is 2. The van der Waals surface area contributed by atoms with Crippen LogP contribution in [0.2, 0.25) is 0 Å². The summed E-state index contributed by atoms with van der Waals surface area (Å²) in [5, 5.41) is 0. The minimum absolute atomic E-state index is 0.217. The normalized spacial score (nSPS) is 12.5. The lowest BCUT2D eigenvalue weighted by Gasteiger charge is -2.18. The second kappa shape index (κ2) is 40.5. The standard InChI is InChI=1S/C44H85O8P/c1-3-5-7-9-11-13-15-17-19-21-22-23-25-26-28-30-32-34-36-38-43(45)50-40-42(41-51-53(47,48)49)52-44(46)39-37-35-33-31-29-27-24-20-18-16-14-12-10-8-6-4-2/h21-22,42H,3-20,23-41H2,1-2H3,(H2,47,48,49)/b22-21-/t42-/m1/s1. The lowest BCUT2D eigenvalue weighted by molar-refractivity contribution is -0.161. The highest BCUT2D eigenvalue weighted by Crippen LogP contribution is 2.36. The summed E-state index contributed by atoms with van der Waals surface area (Å²) in [4.78, 5) is 42.9. The van der Waals surface area contributed by atoms with Crippen LogP contribution < -0.4 is 0 Å². The average Bonchev–Trinajstić information content (AvgIpc) is 3.13. The van der Waals surface area contributed by atoms with Crippen LogP contribution in [-0.4, -0.2) is 41.0 Å². The summed E-state index contributed by atoms with van der Waals surface area (Å²) in [6, 6.07) is 0. The van der Waals surface area contributed by atoms with Crippen molar-refractivity contribution in [1.29, 1.82) is 0 Å². The first kappa shape index (κ1) is 51.8. The van der Waals surface area contributed by atoms with Crippen LogP contribution >= 0.6 is 7.82 Å². The van der Waals surface area contributed by atoms with E-state index in [-0.39, 0.29) is 19.4 Å². The molecular weight excluding hydrogens is 687 g/mol. The summed E-state index contributed by atoms with van der Waals surface area (Å²) in [6.07, 6.45) is 45.0. The van der Waals surface area contributed by atoms with E-state index in [0.717, 1.165) is 44.9 Å². The smallest absolute Gasteiger partial charge is 0.462 e. The van der Waals surface area contributed by atoms with Crippen molar-refractivity contribution < 1.29 is 37.9 Å². The van der Waals surface area contributed by atoms with E-state index in [1.807, 2.05) is 0 Å². The number of phosphoric acid groups is 1. The molecule has 0 aromatic carbocycles. The highest BCUT2D eigenvalue weighted by molar-refractivity contribution is 7.46. The Morgan fingerprint density at radius 3 is 1.15 bits per heavy atom. The molecule has 0 aromatic rings. The molecule has 0 aromatic heterocycles. The van der Waals surface area contributed by atoms with Crippen LogP contribution in [-0.2, 0) is 28.2 Å². The molecule has 0 saturated carbocycles. The van der Waals surface area contributed by atoms with Gasteiger partial charge in [-0.15, -0.1) is 0 Å². The molecule has 8 nitrogen and oxygen atoms in total. The zero-order chi connectivity index (χ0) is 38.9. The van der Waals surface area contributed by atoms with E-state index < -0.39 is 32.5 Å². The number of hydrogen-bond donors (Lipinski definition) is 2. The molecule has 314 valence electrons. The minimum Gasteiger partial charge on any atom is -0.462 e. The lowest BCUT2D eigenvalue weighted by atomic mass is 10.0. The molecule has 0 radical (unpaired) electrons. The SMILES string of the molecule is CCCCCCCCCC/C=C\CCCCCCCCCC(=O)OC[C@H](COP(=O)(O)O)OC(=O)CCCCCCCCCCCCCCCCCC. The van der Waals surface area contributed by atoms with E-state index in [0.29, 0.717) is 6.42 Å². The monoisotopic (exact) mass is 773 g/mol. The van der Waals surface area contributed by atoms with E-state index in [2.05, 4.69) is 30.5 Å². The van der Waals surface area contributed by atoms with Crippen LogP contribution in [0, 0.1) is 0 Å². The zero-order valence-corrected chi connectivity index (χ0v) is 35.6. The van der Waals surface area contributed by atoms with Gasteiger partial charge in [0.15, 0.2) is 6.10 Å². The number of ether oxygens (including phenoxy) is 2. The largest absolute Gasteiger partial charge is 0.469 e. The Labute approximate surface area is 327 Å². The van der Waals surface area contributed by atoms with Crippen molar-refractivity contribution in [2.24, 2.45) is 0 Å². The fraction of sp³-hybridized carbons (Fsp3) is 0.909. The Morgan fingerprint density at radius 2 is 0.792 bits per heavy atom. The summed E-state index contributed by atoms with van der Waals surface area (Å²) in [7, 11) is -4.75. The predicted molar refractivity (Wildman–Crippen MR) is 221 cm³/mol. The van der Waals surface area contributed by atoms with Crippen molar-refractivity contribution in [2.75, 3.05) is 13.2 Å². The molecule has 1 atom stereocenters. The van der Waals surface area contributed by atoms with Gasteiger partial charge in [0.25, 0.3) is 0 Å². The van der Waals surface area contributed by atoms with Crippen LogP contribution in [0.3, 0.4) is 0 Å². The summed E-state index contributed by atoms with van der Waals surface area (Å²) < 4.78 is 26.4. The van der Waals surface area contributed by atoms with Gasteiger partial charge in [0.05, 0.1) is 6.61 Å². The third kappa shape index (κ3) is 43.4. The van der Waals surface area contributed by atoms with E-state index in [1.165, 1.54) is 161 Å². The third-order valence-electron chi connectivity index (χ3n) is 10.0. The van der Waals surface area contributed by atoms with Gasteiger partial charge in [-0.2, -0.15) is 0 Å². The Kier molecular flexibility index (Phi) is 39.5. The fourth-order valence-corrected chi connectivity index (χ4v) is 7.02. The van der Waals surface area contributed by atoms with Gasteiger partial charge in [-0.1, -0.05) is 199 Å². The van der Waals surface area contributed by atoms with E-state index in [9.17, 15) is 14.2 Å². The Balaban J connectivity index is 3.85. The maximum atomic E-state index is 12.4. The molecule has 0 rings (SSSR count). The summed E-state index contributed by atoms with van der Waals surface area (Å²) in [5.41, 5.74) is 0. The molecule has 0 aliphatic rings. The number of carbonyl (C=O) groups is 2. The second-order valence-corrected chi connectivity index (χ2v) is 16.6. The summed E-state index contributed by atoms with van der Waals surface area (Å²) >= 11 is 0. The molecule has 0 fully saturated rings. The van der Waals surface area contributed by atoms with Crippen LogP contribution in [0.15, 0.2) is 12.2 Å². The first-order chi connectivity index (χ1) is 25.8. The average molecular weight is 773 g/mol. The van der Waals surface area contributed by atoms with Gasteiger partial charge in [-0.3, -0.25) is 14.1 Å². The Bertz CT molecular complexity index is 873. The molecule has 0 spiro atoms. The van der Waals surface area contributed by atoms with Gasteiger partial charge in [-0.05, 0) is 38.5 Å². The fourth-order valence-electron chi connectivity index (χ4n) is 6.66. The molecule has 2 N–H and O–H groups in total. The van der Waals surface area contributed by atoms with Crippen molar-refractivity contribution >= 4 is 19.8 Å². The molecule has 0 bridgehead atoms. The molecule has 53 heavy (non-hydrogen) atoms. The highest BCUT2D eigenvalue weighted by Gasteiger charge is 2.23. The maximum absolute atomic E-state index is 12.4. The second-order valence-electron chi connectivity index (χ2n) is 15.4. The Morgan fingerprint density at radius 1 is 0.472 bits per heavy atom. The third-order valence-corrected chi connectivity index (χ3v) is 10.5. The van der Waals surface area contributed by atoms with Crippen molar-refractivity contribution in [3.05, 3.63) is 12.2 Å². The van der Waals surface area contributed by atoms with Crippen LogP contribution in [0.5, 0.6) is 0 Å². The lowest BCUT2D eigenvalue weighted by Crippen LogP contribution is -2.29. The molecule has 0 aliphatic carbocycles. The van der Waals surface area contributed by atoms with Gasteiger partial charge in [0, 0.05) is 12.8 Å². The van der Waals surface area contributed by atoms with E-state index in [4.69, 9.17) is 19.3 Å². The van der Waals surface area contributed by atoms with E-state index >= 15 is 0 Å². The first-order valence-electron chi connectivity index (χ1n) is 22.5. The predicted octanol–water partition coefficient (Wildman–Crippen LogP) is 13.8. The number of esters is 2. The van der Waals surface area contributed by atoms with Gasteiger partial charge in [0.1, 0.15) is 6.61 Å². The molecule has 0 saturated heterocycles. The number of hydrogen-bond acceptors (Lipinski definition) is 6. The highest BCUT2D eigenvalue weighted by atomic mass is 31.2. The van der Waals surface area contributed by atoms with Crippen molar-refractivity contribution in [3.63, 3.8) is 0 Å². The van der Waals surface area contributed by atoms with Crippen molar-refractivity contribution in [1.82, 2.24) is 0 Å². The summed E-state index contributed by atoms with van der Waals surface area (Å²) in [6.45, 7) is 3.71. The van der Waals surface area contributed by atoms with Crippen molar-refractivity contribution in [2.45, 2.75) is 245 Å². The molecule has 0 heterocycles. The van der Waals surface area contributed by atoms with Crippen LogP contribution in [0.1, 0.15) is 239 Å².